The first-order valence-corrected chi connectivity index (χ1v) is 18.9. The second kappa shape index (κ2) is 12.0. The number of nitrogens with zero attached hydrogens (tertiary/aromatic N) is 3. The van der Waals surface area contributed by atoms with Crippen molar-refractivity contribution in [1.29, 1.82) is 0 Å². The Labute approximate surface area is 276 Å². The Morgan fingerprint density at radius 2 is 1.94 bits per heavy atom. The monoisotopic (exact) mass is 671 g/mol. The molecule has 3 aliphatic rings. The molecule has 0 radical (unpaired) electrons. The molecule has 47 heavy (non-hydrogen) atoms. The van der Waals surface area contributed by atoms with Crippen LogP contribution < -0.4 is 10.9 Å². The molecule has 0 spiro atoms. The molecule has 2 N–H and O–H groups in total. The highest BCUT2D eigenvalue weighted by Crippen LogP contribution is 2.51. The van der Waals surface area contributed by atoms with E-state index in [2.05, 4.69) is 35.4 Å². The molecule has 12 heteroatoms. The molecule has 5 aromatic rings. The minimum absolute atomic E-state index is 0.00826. The molecule has 1 fully saturated rings. The largest absolute Gasteiger partial charge is 0.381 e. The van der Waals surface area contributed by atoms with Crippen molar-refractivity contribution in [3.05, 3.63) is 75.7 Å². The van der Waals surface area contributed by atoms with Crippen LogP contribution in [0, 0.1) is 11.8 Å². The summed E-state index contributed by atoms with van der Waals surface area (Å²) in [6.45, 7) is 5.60. The normalized spacial score (nSPS) is 20.6. The Kier molecular flexibility index (Phi) is 7.76. The fraction of sp³-hybridized carbons (Fsp3) is 0.429. The zero-order chi connectivity index (χ0) is 32.3. The van der Waals surface area contributed by atoms with Crippen molar-refractivity contribution in [2.75, 3.05) is 24.3 Å². The summed E-state index contributed by atoms with van der Waals surface area (Å²) in [5.74, 6) is 1.40. The lowest BCUT2D eigenvalue weighted by Gasteiger charge is -2.23. The first kappa shape index (κ1) is 30.5. The van der Waals surface area contributed by atoms with Crippen molar-refractivity contribution in [3.8, 4) is 21.8 Å². The third-order valence-corrected chi connectivity index (χ3v) is 13.0. The Morgan fingerprint density at radius 3 is 2.72 bits per heavy atom. The van der Waals surface area contributed by atoms with E-state index in [0.29, 0.717) is 34.9 Å². The van der Waals surface area contributed by atoms with E-state index < -0.39 is 9.84 Å². The Morgan fingerprint density at radius 1 is 1.09 bits per heavy atom. The first-order chi connectivity index (χ1) is 22.8. The van der Waals surface area contributed by atoms with Crippen LogP contribution in [0.25, 0.3) is 31.9 Å². The minimum Gasteiger partial charge on any atom is -0.381 e. The number of ether oxygens (including phenoxy) is 1. The summed E-state index contributed by atoms with van der Waals surface area (Å²) in [4.78, 5) is 27.9. The molecule has 2 aliphatic heterocycles. The molecule has 8 rings (SSSR count). The third-order valence-electron chi connectivity index (χ3n) is 9.98. The lowest BCUT2D eigenvalue weighted by Crippen LogP contribution is -2.17. The van der Waals surface area contributed by atoms with Crippen molar-refractivity contribution in [3.63, 3.8) is 0 Å². The highest BCUT2D eigenvalue weighted by molar-refractivity contribution is 7.92. The summed E-state index contributed by atoms with van der Waals surface area (Å²) in [6.07, 6.45) is 8.92. The van der Waals surface area contributed by atoms with Gasteiger partial charge >= 0.3 is 0 Å². The summed E-state index contributed by atoms with van der Waals surface area (Å²) in [6, 6.07) is 9.56. The van der Waals surface area contributed by atoms with Crippen molar-refractivity contribution in [2.45, 2.75) is 69.2 Å². The highest BCUT2D eigenvalue weighted by Gasteiger charge is 2.43. The molecule has 5 aromatic heterocycles. The number of hydrogen-bond acceptors (Lipinski definition) is 10. The lowest BCUT2D eigenvalue weighted by molar-refractivity contribution is 0.0639. The Bertz CT molecular complexity index is 2140. The number of nitrogens with one attached hydrogen (secondary N) is 2. The summed E-state index contributed by atoms with van der Waals surface area (Å²) < 4.78 is 40.5. The minimum atomic E-state index is -3.69. The number of hydrogen-bond donors (Lipinski definition) is 2. The van der Waals surface area contributed by atoms with Gasteiger partial charge in [0.25, 0.3) is 5.56 Å². The second-order valence-corrected chi connectivity index (χ2v) is 16.3. The number of fused-ring (bicyclic) bond motifs is 3. The lowest BCUT2D eigenvalue weighted by atomic mass is 9.88. The smallest absolute Gasteiger partial charge is 0.280 e. The van der Waals surface area contributed by atoms with Gasteiger partial charge in [0.2, 0.25) is 0 Å². The maximum atomic E-state index is 14.1. The van der Waals surface area contributed by atoms with Gasteiger partial charge in [-0.1, -0.05) is 19.9 Å². The quantitative estimate of drug-likeness (QED) is 0.185. The van der Waals surface area contributed by atoms with E-state index in [1.807, 2.05) is 24.4 Å². The predicted octanol–water partition coefficient (Wildman–Crippen LogP) is 6.69. The molecule has 0 amide bonds. The topological polar surface area (TPSA) is 140 Å². The predicted molar refractivity (Wildman–Crippen MR) is 182 cm³/mol. The molecular weight excluding hydrogens is 635 g/mol. The zero-order valence-electron chi connectivity index (χ0n) is 26.4. The summed E-state index contributed by atoms with van der Waals surface area (Å²) in [5.41, 5.74) is 4.44. The number of H-pyrrole nitrogens is 1. The molecule has 0 bridgehead atoms. The van der Waals surface area contributed by atoms with E-state index >= 15 is 0 Å². The number of aromatic nitrogens is 4. The van der Waals surface area contributed by atoms with Gasteiger partial charge in [-0.05, 0) is 79.5 Å². The van der Waals surface area contributed by atoms with Gasteiger partial charge in [0.1, 0.15) is 5.82 Å². The number of rotatable bonds is 8. The van der Waals surface area contributed by atoms with Crippen LogP contribution in [0.4, 0.5) is 5.82 Å². The van der Waals surface area contributed by atoms with E-state index in [4.69, 9.17) is 19.2 Å². The van der Waals surface area contributed by atoms with Gasteiger partial charge in [0.15, 0.2) is 15.6 Å². The average molecular weight is 672 g/mol. The van der Waals surface area contributed by atoms with Crippen LogP contribution in [-0.4, -0.2) is 47.5 Å². The molecule has 244 valence electrons. The van der Waals surface area contributed by atoms with Gasteiger partial charge in [-0.2, -0.15) is 5.16 Å². The molecule has 10 nitrogen and oxygen atoms in total. The van der Waals surface area contributed by atoms with Crippen molar-refractivity contribution < 1.29 is 17.7 Å². The molecule has 2 atom stereocenters. The number of aromatic amines is 1. The van der Waals surface area contributed by atoms with Crippen LogP contribution in [-0.2, 0) is 27.4 Å². The molecule has 1 aliphatic carbocycles. The number of aryl methyl sites for hydroxylation is 2. The zero-order valence-corrected chi connectivity index (χ0v) is 28.0. The fourth-order valence-electron chi connectivity index (χ4n) is 7.49. The molecule has 1 saturated heterocycles. The van der Waals surface area contributed by atoms with Crippen molar-refractivity contribution in [2.24, 2.45) is 11.8 Å². The van der Waals surface area contributed by atoms with E-state index in [-0.39, 0.29) is 34.1 Å². The number of anilines is 1. The van der Waals surface area contributed by atoms with Gasteiger partial charge in [-0.15, -0.1) is 11.3 Å². The maximum Gasteiger partial charge on any atom is 0.280 e. The van der Waals surface area contributed by atoms with Crippen LogP contribution in [0.2, 0.25) is 0 Å². The molecular formula is C35H37N5O5S2. The summed E-state index contributed by atoms with van der Waals surface area (Å²) in [7, 11) is -3.69. The summed E-state index contributed by atoms with van der Waals surface area (Å²) in [5, 5.41) is 7.06. The van der Waals surface area contributed by atoms with Crippen molar-refractivity contribution >= 4 is 37.1 Å². The van der Waals surface area contributed by atoms with Gasteiger partial charge in [-0.25, -0.2) is 13.4 Å². The summed E-state index contributed by atoms with van der Waals surface area (Å²) >= 11 is 1.51. The van der Waals surface area contributed by atoms with E-state index in [1.54, 1.807) is 6.20 Å². The van der Waals surface area contributed by atoms with Crippen molar-refractivity contribution in [1.82, 2.24) is 20.1 Å². The van der Waals surface area contributed by atoms with Gasteiger partial charge in [-0.3, -0.25) is 14.8 Å². The number of sulfone groups is 1. The molecule has 0 aromatic carbocycles. The van der Waals surface area contributed by atoms with Gasteiger partial charge in [0, 0.05) is 47.7 Å². The number of thiophene rings is 1. The molecule has 0 unspecified atom stereocenters. The second-order valence-electron chi connectivity index (χ2n) is 13.3. The van der Waals surface area contributed by atoms with Crippen LogP contribution in [0.1, 0.15) is 74.1 Å². The SMILES string of the molecule is CC(C)[C@@H]1CS(=O)(=O)c2c1nc(CCC1CCOCC1)c(-c1cc(=O)[nH]o1)c2-c1cc2ccnc(N[C@H]3CCc4ncccc43)c2s1. The van der Waals surface area contributed by atoms with Gasteiger partial charge in [0.05, 0.1) is 44.4 Å². The number of pyridine rings is 3. The van der Waals surface area contributed by atoms with Crippen LogP contribution >= 0.6 is 11.3 Å². The fourth-order valence-corrected chi connectivity index (χ4v) is 10.9. The molecule has 7 heterocycles. The van der Waals surface area contributed by atoms with E-state index in [0.717, 1.165) is 77.5 Å². The van der Waals surface area contributed by atoms with Crippen LogP contribution in [0.5, 0.6) is 0 Å². The molecule has 0 saturated carbocycles. The third kappa shape index (κ3) is 5.49. The Balaban J connectivity index is 1.32. The standard InChI is InChI=1S/C35H37N5O5S2/c1-19(2)23-18-47(42,43)34-31(30(27-17-29(41)40-45-27)26(38-32(23)34)6-5-20-10-14-44-15-11-20)28-16-21-9-13-37-35(33(21)46-28)39-25-8-7-24-22(25)4-3-12-36-24/h3-4,9,12-13,16-17,19-20,23,25H,5-8,10-11,14-15,18H2,1-2H3,(H,37,39)(H,40,41)/t23-,25-/m0/s1. The average Bonchev–Trinajstić information content (AvgIpc) is 3.85. The van der Waals surface area contributed by atoms with Crippen LogP contribution in [0.3, 0.4) is 0 Å². The maximum absolute atomic E-state index is 14.1. The highest BCUT2D eigenvalue weighted by atomic mass is 32.2. The Hall–Kier alpha value is -3.87. The first-order valence-electron chi connectivity index (χ1n) is 16.4. The van der Waals surface area contributed by atoms with Crippen LogP contribution in [0.15, 0.2) is 56.9 Å². The van der Waals surface area contributed by atoms with Gasteiger partial charge < -0.3 is 14.6 Å². The van der Waals surface area contributed by atoms with E-state index in [1.165, 1.54) is 23.0 Å². The van der Waals surface area contributed by atoms with E-state index in [9.17, 15) is 13.2 Å².